The summed E-state index contributed by atoms with van der Waals surface area (Å²) in [5.41, 5.74) is 7.29. The third-order valence-electron chi connectivity index (χ3n) is 5.42. The van der Waals surface area contributed by atoms with Crippen LogP contribution in [-0.4, -0.2) is 8.42 Å². The summed E-state index contributed by atoms with van der Waals surface area (Å²) in [6.07, 6.45) is 0. The van der Waals surface area contributed by atoms with Crippen molar-refractivity contribution in [2.45, 2.75) is 45.3 Å². The quantitative estimate of drug-likeness (QED) is 0.382. The zero-order valence-electron chi connectivity index (χ0n) is 19.6. The van der Waals surface area contributed by atoms with Crippen LogP contribution in [0.5, 0.6) is 0 Å². The molecule has 0 unspecified atom stereocenters. The number of thioether (sulfide) groups is 1. The molecule has 6 heteroatoms. The molecule has 170 valence electrons. The molecule has 0 fully saturated rings. The molecule has 3 aromatic carbocycles. The molecule has 0 amide bonds. The van der Waals surface area contributed by atoms with E-state index in [1.807, 2.05) is 52.8 Å². The number of anilines is 1. The van der Waals surface area contributed by atoms with Crippen LogP contribution >= 0.6 is 11.8 Å². The molecule has 3 aromatic rings. The fourth-order valence-electron chi connectivity index (χ4n) is 3.71. The zero-order valence-corrected chi connectivity index (χ0v) is 21.2. The highest BCUT2D eigenvalue weighted by molar-refractivity contribution is 8.04. The summed E-state index contributed by atoms with van der Waals surface area (Å²) < 4.78 is 26.8. The van der Waals surface area contributed by atoms with E-state index < -0.39 is 9.84 Å². The van der Waals surface area contributed by atoms with Crippen LogP contribution in [0.15, 0.2) is 75.5 Å². The first-order valence-electron chi connectivity index (χ1n) is 10.6. The fourth-order valence-corrected chi connectivity index (χ4v) is 6.34. The Labute approximate surface area is 201 Å². The number of nitriles is 1. The van der Waals surface area contributed by atoms with Gasteiger partial charge in [-0.3, -0.25) is 0 Å². The SMILES string of the molecule is Cc1cc(C)c(NC(SCc2cc(C)ccc2C)=C(C#N)S(=O)(=O)c2ccccc2)c(C)c1. The minimum absolute atomic E-state index is 0.102. The van der Waals surface area contributed by atoms with Crippen molar-refractivity contribution in [3.8, 4) is 6.07 Å². The van der Waals surface area contributed by atoms with Gasteiger partial charge >= 0.3 is 0 Å². The average molecular weight is 477 g/mol. The lowest BCUT2D eigenvalue weighted by molar-refractivity contribution is 0.603. The number of nitrogens with zero attached hydrogens (tertiary/aromatic N) is 1. The molecule has 0 bridgehead atoms. The number of allylic oxidation sites excluding steroid dienone is 1. The lowest BCUT2D eigenvalue weighted by atomic mass is 10.1. The van der Waals surface area contributed by atoms with E-state index in [1.165, 1.54) is 23.9 Å². The lowest BCUT2D eigenvalue weighted by Crippen LogP contribution is -2.11. The Bertz CT molecular complexity index is 1330. The molecule has 1 N–H and O–H groups in total. The van der Waals surface area contributed by atoms with Gasteiger partial charge in [0, 0.05) is 11.4 Å². The van der Waals surface area contributed by atoms with Crippen LogP contribution in [0, 0.1) is 45.9 Å². The van der Waals surface area contributed by atoms with Crippen molar-refractivity contribution in [2.24, 2.45) is 0 Å². The van der Waals surface area contributed by atoms with Gasteiger partial charge in [-0.25, -0.2) is 8.42 Å². The molecule has 33 heavy (non-hydrogen) atoms. The Kier molecular flexibility index (Phi) is 7.68. The van der Waals surface area contributed by atoms with E-state index in [4.69, 9.17) is 0 Å². The molecule has 3 rings (SSSR count). The smallest absolute Gasteiger partial charge is 0.219 e. The van der Waals surface area contributed by atoms with Crippen LogP contribution < -0.4 is 5.32 Å². The van der Waals surface area contributed by atoms with Crippen molar-refractivity contribution >= 4 is 27.3 Å². The average Bonchev–Trinajstić information content (AvgIpc) is 2.77. The van der Waals surface area contributed by atoms with Gasteiger partial charge in [-0.2, -0.15) is 5.26 Å². The third-order valence-corrected chi connectivity index (χ3v) is 8.33. The van der Waals surface area contributed by atoms with Crippen molar-refractivity contribution in [1.29, 1.82) is 5.26 Å². The van der Waals surface area contributed by atoms with Gasteiger partial charge in [0.15, 0.2) is 4.91 Å². The minimum atomic E-state index is -3.99. The van der Waals surface area contributed by atoms with Gasteiger partial charge in [-0.1, -0.05) is 59.7 Å². The first-order chi connectivity index (χ1) is 15.6. The Balaban J connectivity index is 2.13. The van der Waals surface area contributed by atoms with Gasteiger partial charge < -0.3 is 5.32 Å². The molecule has 0 spiro atoms. The summed E-state index contributed by atoms with van der Waals surface area (Å²) in [6, 6.07) is 20.4. The normalized spacial score (nSPS) is 12.1. The van der Waals surface area contributed by atoms with Crippen LogP contribution in [-0.2, 0) is 15.6 Å². The van der Waals surface area contributed by atoms with Gasteiger partial charge in [0.25, 0.3) is 0 Å². The molecular formula is C27H28N2O2S2. The van der Waals surface area contributed by atoms with Gasteiger partial charge in [-0.15, -0.1) is 11.8 Å². The van der Waals surface area contributed by atoms with Crippen molar-refractivity contribution in [2.75, 3.05) is 5.32 Å². The zero-order chi connectivity index (χ0) is 24.2. The highest BCUT2D eigenvalue weighted by Crippen LogP contribution is 2.34. The number of rotatable bonds is 7. The molecule has 0 atom stereocenters. The van der Waals surface area contributed by atoms with Crippen molar-refractivity contribution in [3.05, 3.63) is 104 Å². The molecule has 4 nitrogen and oxygen atoms in total. The third kappa shape index (κ3) is 5.68. The molecule has 0 saturated heterocycles. The predicted molar refractivity (Wildman–Crippen MR) is 138 cm³/mol. The second-order valence-corrected chi connectivity index (χ2v) is 11.1. The van der Waals surface area contributed by atoms with Crippen molar-refractivity contribution < 1.29 is 8.42 Å². The molecule has 0 heterocycles. The van der Waals surface area contributed by atoms with Crippen LogP contribution in [0.3, 0.4) is 0 Å². The van der Waals surface area contributed by atoms with E-state index in [1.54, 1.807) is 18.2 Å². The number of nitrogens with one attached hydrogen (secondary N) is 1. The van der Waals surface area contributed by atoms with Crippen molar-refractivity contribution in [3.63, 3.8) is 0 Å². The first-order valence-corrected chi connectivity index (χ1v) is 13.1. The number of hydrogen-bond donors (Lipinski definition) is 1. The maximum atomic E-state index is 13.4. The van der Waals surface area contributed by atoms with Crippen LogP contribution in [0.1, 0.15) is 33.4 Å². The maximum Gasteiger partial charge on any atom is 0.219 e. The van der Waals surface area contributed by atoms with E-state index in [9.17, 15) is 13.7 Å². The summed E-state index contributed by atoms with van der Waals surface area (Å²) in [5, 5.41) is 13.7. The fraction of sp³-hybridized carbons (Fsp3) is 0.222. The van der Waals surface area contributed by atoms with Crippen LogP contribution in [0.2, 0.25) is 0 Å². The number of sulfone groups is 1. The molecule has 0 aromatic heterocycles. The highest BCUT2D eigenvalue weighted by atomic mass is 32.2. The largest absolute Gasteiger partial charge is 0.348 e. The van der Waals surface area contributed by atoms with Gasteiger partial charge in [0.2, 0.25) is 9.84 Å². The van der Waals surface area contributed by atoms with Crippen LogP contribution in [0.4, 0.5) is 5.69 Å². The summed E-state index contributed by atoms with van der Waals surface area (Å²) in [4.78, 5) is -0.172. The van der Waals surface area contributed by atoms with Crippen LogP contribution in [0.25, 0.3) is 0 Å². The van der Waals surface area contributed by atoms with Gasteiger partial charge in [0.1, 0.15) is 11.1 Å². The first kappa shape index (κ1) is 24.6. The Morgan fingerprint density at radius 2 is 1.52 bits per heavy atom. The second kappa shape index (κ2) is 10.3. The summed E-state index contributed by atoms with van der Waals surface area (Å²) in [7, 11) is -3.99. The Hall–Kier alpha value is -3.01. The molecule has 0 saturated carbocycles. The second-order valence-electron chi connectivity index (χ2n) is 8.20. The van der Waals surface area contributed by atoms with E-state index >= 15 is 0 Å². The summed E-state index contributed by atoms with van der Waals surface area (Å²) in [6.45, 7) is 10.0. The maximum absolute atomic E-state index is 13.4. The predicted octanol–water partition coefficient (Wildman–Crippen LogP) is 6.74. The van der Waals surface area contributed by atoms with Gasteiger partial charge in [-0.05, 0) is 69.0 Å². The molecular weight excluding hydrogens is 448 g/mol. The Morgan fingerprint density at radius 1 is 0.879 bits per heavy atom. The van der Waals surface area contributed by atoms with E-state index in [2.05, 4.69) is 23.5 Å². The molecule has 0 aliphatic rings. The van der Waals surface area contributed by atoms with E-state index in [0.29, 0.717) is 10.8 Å². The van der Waals surface area contributed by atoms with E-state index in [0.717, 1.165) is 39.1 Å². The number of benzene rings is 3. The topological polar surface area (TPSA) is 70.0 Å². The lowest BCUT2D eigenvalue weighted by Gasteiger charge is -2.18. The molecule has 0 aliphatic carbocycles. The minimum Gasteiger partial charge on any atom is -0.348 e. The summed E-state index contributed by atoms with van der Waals surface area (Å²) in [5.74, 6) is 0.537. The number of hydrogen-bond acceptors (Lipinski definition) is 5. The monoisotopic (exact) mass is 476 g/mol. The van der Waals surface area contributed by atoms with Crippen molar-refractivity contribution in [1.82, 2.24) is 0 Å². The summed E-state index contributed by atoms with van der Waals surface area (Å²) >= 11 is 1.34. The number of aryl methyl sites for hydroxylation is 5. The highest BCUT2D eigenvalue weighted by Gasteiger charge is 2.26. The van der Waals surface area contributed by atoms with Gasteiger partial charge in [0.05, 0.1) is 4.90 Å². The standard InChI is InChI=1S/C27H28N2O2S2/c1-18-11-12-20(3)23(15-18)17-32-27(29-26-21(4)13-19(2)14-22(26)5)25(16-28)33(30,31)24-9-7-6-8-10-24/h6-15,29H,17H2,1-5H3. The Morgan fingerprint density at radius 3 is 2.12 bits per heavy atom. The molecule has 0 radical (unpaired) electrons. The molecule has 0 aliphatic heterocycles. The van der Waals surface area contributed by atoms with E-state index in [-0.39, 0.29) is 9.80 Å².